The molecule has 0 spiro atoms. The number of ether oxygens (including phenoxy) is 2. The molecule has 0 aromatic heterocycles. The number of nitrogens with zero attached hydrogens (tertiary/aromatic N) is 1. The van der Waals surface area contributed by atoms with Crippen molar-refractivity contribution in [3.63, 3.8) is 0 Å². The van der Waals surface area contributed by atoms with Crippen molar-refractivity contribution in [3.05, 3.63) is 36.0 Å². The first kappa shape index (κ1) is 15.4. The van der Waals surface area contributed by atoms with Crippen LogP contribution in [0, 0.1) is 11.3 Å². The second kappa shape index (κ2) is 6.47. The van der Waals surface area contributed by atoms with Crippen LogP contribution < -0.4 is 10.1 Å². The lowest BCUT2D eigenvalue weighted by Crippen LogP contribution is -2.16. The molecular weight excluding hydrogens is 277 g/mol. The number of hydrogen-bond donors (Lipinski definition) is 1. The van der Waals surface area contributed by atoms with Crippen molar-refractivity contribution < 1.29 is 27.4 Å². The average Bonchev–Trinajstić information content (AvgIpc) is 2.39. The Morgan fingerprint density at radius 3 is 2.40 bits per heavy atom. The van der Waals surface area contributed by atoms with Crippen LogP contribution in [0.1, 0.15) is 0 Å². The lowest BCUT2D eigenvalue weighted by atomic mass is 10.3. The van der Waals surface area contributed by atoms with Crippen LogP contribution in [-0.2, 0) is 9.53 Å². The van der Waals surface area contributed by atoms with Gasteiger partial charge in [0.1, 0.15) is 11.8 Å². The molecule has 0 unspecified atom stereocenters. The van der Waals surface area contributed by atoms with Crippen molar-refractivity contribution in [1.82, 2.24) is 0 Å². The Hall–Kier alpha value is -2.69. The zero-order valence-electron chi connectivity index (χ0n) is 10.2. The molecule has 0 fully saturated rings. The monoisotopic (exact) mass is 286 g/mol. The quantitative estimate of drug-likeness (QED) is 0.523. The molecule has 0 bridgehead atoms. The fourth-order valence-corrected chi connectivity index (χ4v) is 1.16. The van der Waals surface area contributed by atoms with Crippen molar-refractivity contribution in [2.75, 3.05) is 12.4 Å². The number of methoxy groups -OCH3 is 1. The summed E-state index contributed by atoms with van der Waals surface area (Å²) >= 11 is 0. The van der Waals surface area contributed by atoms with Crippen molar-refractivity contribution in [2.24, 2.45) is 0 Å². The summed E-state index contributed by atoms with van der Waals surface area (Å²) in [5.41, 5.74) is 0.0966. The van der Waals surface area contributed by atoms with Crippen LogP contribution in [0.3, 0.4) is 0 Å². The number of alkyl halides is 3. The third-order valence-corrected chi connectivity index (χ3v) is 2.00. The van der Waals surface area contributed by atoms with Gasteiger partial charge in [-0.05, 0) is 24.3 Å². The first-order valence-corrected chi connectivity index (χ1v) is 5.16. The van der Waals surface area contributed by atoms with Crippen LogP contribution in [0.2, 0.25) is 0 Å². The molecule has 1 N–H and O–H groups in total. The summed E-state index contributed by atoms with van der Waals surface area (Å²) in [6.07, 6.45) is -3.67. The Morgan fingerprint density at radius 1 is 1.35 bits per heavy atom. The number of benzene rings is 1. The summed E-state index contributed by atoms with van der Waals surface area (Å²) in [7, 11) is 1.12. The fourth-order valence-electron chi connectivity index (χ4n) is 1.16. The Morgan fingerprint density at radius 2 is 1.95 bits per heavy atom. The highest BCUT2D eigenvalue weighted by Crippen LogP contribution is 2.23. The van der Waals surface area contributed by atoms with E-state index in [2.05, 4.69) is 14.8 Å². The summed E-state index contributed by atoms with van der Waals surface area (Å²) in [5, 5.41) is 11.3. The molecule has 0 heterocycles. The number of halogens is 3. The van der Waals surface area contributed by atoms with Gasteiger partial charge in [-0.1, -0.05) is 0 Å². The summed E-state index contributed by atoms with van der Waals surface area (Å²) in [5.74, 6) is -1.20. The molecule has 0 aliphatic rings. The second-order valence-electron chi connectivity index (χ2n) is 3.38. The highest BCUT2D eigenvalue weighted by molar-refractivity contribution is 5.92. The lowest BCUT2D eigenvalue weighted by molar-refractivity contribution is -0.274. The first-order valence-electron chi connectivity index (χ1n) is 5.16. The van der Waals surface area contributed by atoms with E-state index in [1.165, 1.54) is 12.1 Å². The number of carbonyl (C=O) groups is 1. The third kappa shape index (κ3) is 4.89. The molecule has 0 amide bonds. The Labute approximate surface area is 112 Å². The Balaban J connectivity index is 2.73. The van der Waals surface area contributed by atoms with Gasteiger partial charge >= 0.3 is 12.3 Å². The van der Waals surface area contributed by atoms with Gasteiger partial charge in [-0.25, -0.2) is 4.79 Å². The van der Waals surface area contributed by atoms with E-state index in [1.807, 2.05) is 0 Å². The zero-order chi connectivity index (χ0) is 15.2. The van der Waals surface area contributed by atoms with Crippen LogP contribution in [0.5, 0.6) is 5.75 Å². The largest absolute Gasteiger partial charge is 0.573 e. The summed E-state index contributed by atoms with van der Waals surface area (Å²) < 4.78 is 43.8. The first-order chi connectivity index (χ1) is 9.35. The van der Waals surface area contributed by atoms with Gasteiger partial charge in [-0.3, -0.25) is 0 Å². The van der Waals surface area contributed by atoms with E-state index in [-0.39, 0.29) is 11.3 Å². The van der Waals surface area contributed by atoms with Gasteiger partial charge in [0.25, 0.3) is 0 Å². The predicted molar refractivity (Wildman–Crippen MR) is 62.5 cm³/mol. The molecule has 106 valence electrons. The van der Waals surface area contributed by atoms with Crippen LogP contribution in [-0.4, -0.2) is 19.4 Å². The van der Waals surface area contributed by atoms with Gasteiger partial charge in [0.05, 0.1) is 7.11 Å². The molecule has 5 nitrogen and oxygen atoms in total. The summed E-state index contributed by atoms with van der Waals surface area (Å²) in [6, 6.07) is 6.39. The highest BCUT2D eigenvalue weighted by Gasteiger charge is 2.30. The van der Waals surface area contributed by atoms with E-state index < -0.39 is 12.3 Å². The molecule has 1 rings (SSSR count). The predicted octanol–water partition coefficient (Wildman–Crippen LogP) is 2.58. The number of rotatable bonds is 4. The second-order valence-corrected chi connectivity index (χ2v) is 3.38. The SMILES string of the molecule is COC(=O)C(C#N)=CNc1ccc(OC(F)(F)F)cc1. The van der Waals surface area contributed by atoms with E-state index in [0.717, 1.165) is 25.4 Å². The van der Waals surface area contributed by atoms with Gasteiger partial charge in [0.15, 0.2) is 5.57 Å². The Bertz CT molecular complexity index is 545. The molecule has 0 atom stereocenters. The zero-order valence-corrected chi connectivity index (χ0v) is 10.2. The minimum Gasteiger partial charge on any atom is -0.465 e. The maximum Gasteiger partial charge on any atom is 0.573 e. The smallest absolute Gasteiger partial charge is 0.465 e. The normalized spacial score (nSPS) is 11.4. The standard InChI is InChI=1S/C12H9F3N2O3/c1-19-11(18)8(6-16)7-17-9-2-4-10(5-3-9)20-12(13,14)15/h2-5,7,17H,1H3. The van der Waals surface area contributed by atoms with Gasteiger partial charge in [0.2, 0.25) is 0 Å². The van der Waals surface area contributed by atoms with Crippen molar-refractivity contribution in [3.8, 4) is 11.8 Å². The number of hydrogen-bond acceptors (Lipinski definition) is 5. The van der Waals surface area contributed by atoms with Crippen molar-refractivity contribution in [2.45, 2.75) is 6.36 Å². The molecule has 1 aromatic rings. The van der Waals surface area contributed by atoms with Gasteiger partial charge in [-0.15, -0.1) is 13.2 Å². The number of anilines is 1. The van der Waals surface area contributed by atoms with Gasteiger partial charge < -0.3 is 14.8 Å². The number of nitrogens with one attached hydrogen (secondary N) is 1. The van der Waals surface area contributed by atoms with E-state index in [4.69, 9.17) is 5.26 Å². The minimum absolute atomic E-state index is 0.275. The molecule has 0 saturated carbocycles. The highest BCUT2D eigenvalue weighted by atomic mass is 19.4. The topological polar surface area (TPSA) is 71.4 Å². The summed E-state index contributed by atoms with van der Waals surface area (Å²) in [6.45, 7) is 0. The Kier molecular flexibility index (Phi) is 4.97. The molecule has 1 aromatic carbocycles. The maximum absolute atomic E-state index is 11.9. The fraction of sp³-hybridized carbons (Fsp3) is 0.167. The van der Waals surface area contributed by atoms with E-state index in [9.17, 15) is 18.0 Å². The molecular formula is C12H9F3N2O3. The molecule has 0 aliphatic heterocycles. The van der Waals surface area contributed by atoms with Crippen molar-refractivity contribution in [1.29, 1.82) is 5.26 Å². The van der Waals surface area contributed by atoms with Crippen LogP contribution >= 0.6 is 0 Å². The minimum atomic E-state index is -4.76. The molecule has 0 saturated heterocycles. The number of carbonyl (C=O) groups excluding carboxylic acids is 1. The van der Waals surface area contributed by atoms with E-state index in [1.54, 1.807) is 6.07 Å². The van der Waals surface area contributed by atoms with Gasteiger partial charge in [-0.2, -0.15) is 5.26 Å². The molecule has 0 radical (unpaired) electrons. The average molecular weight is 286 g/mol. The number of esters is 1. The van der Waals surface area contributed by atoms with Crippen LogP contribution in [0.4, 0.5) is 18.9 Å². The van der Waals surface area contributed by atoms with E-state index in [0.29, 0.717) is 5.69 Å². The van der Waals surface area contributed by atoms with Gasteiger partial charge in [0, 0.05) is 11.9 Å². The van der Waals surface area contributed by atoms with Crippen molar-refractivity contribution >= 4 is 11.7 Å². The maximum atomic E-state index is 11.9. The molecule has 20 heavy (non-hydrogen) atoms. The third-order valence-electron chi connectivity index (χ3n) is 2.00. The molecule has 0 aliphatic carbocycles. The van der Waals surface area contributed by atoms with Crippen LogP contribution in [0.15, 0.2) is 36.0 Å². The molecule has 8 heteroatoms. The van der Waals surface area contributed by atoms with Crippen LogP contribution in [0.25, 0.3) is 0 Å². The lowest BCUT2D eigenvalue weighted by Gasteiger charge is -2.09. The number of nitriles is 1. The van der Waals surface area contributed by atoms with E-state index >= 15 is 0 Å². The summed E-state index contributed by atoms with van der Waals surface area (Å²) in [4.78, 5) is 11.1.